The fourth-order valence-electron chi connectivity index (χ4n) is 2.05. The molecular formula is C19H16ClN3O3. The van der Waals surface area contributed by atoms with Crippen LogP contribution in [0.1, 0.15) is 21.5 Å². The van der Waals surface area contributed by atoms with Gasteiger partial charge < -0.3 is 15.7 Å². The zero-order chi connectivity index (χ0) is 19.1. The van der Waals surface area contributed by atoms with Crippen LogP contribution >= 0.6 is 11.6 Å². The van der Waals surface area contributed by atoms with Crippen LogP contribution < -0.4 is 10.6 Å². The molecule has 7 heteroatoms. The Balaban J connectivity index is 1.98. The van der Waals surface area contributed by atoms with Crippen LogP contribution in [-0.4, -0.2) is 17.0 Å². The van der Waals surface area contributed by atoms with E-state index in [0.717, 1.165) is 11.1 Å². The number of nitriles is 1. The summed E-state index contributed by atoms with van der Waals surface area (Å²) in [6.45, 7) is 2.19. The molecule has 0 saturated carbocycles. The van der Waals surface area contributed by atoms with Gasteiger partial charge >= 0.3 is 5.97 Å². The highest BCUT2D eigenvalue weighted by molar-refractivity contribution is 6.31. The number of carboxylic acid groups (broad SMARTS) is 1. The van der Waals surface area contributed by atoms with Crippen LogP contribution in [0.4, 0.5) is 5.69 Å². The van der Waals surface area contributed by atoms with E-state index in [2.05, 4.69) is 10.6 Å². The quantitative estimate of drug-likeness (QED) is 0.534. The number of nitrogens with zero attached hydrogens (tertiary/aromatic N) is 1. The molecule has 132 valence electrons. The summed E-state index contributed by atoms with van der Waals surface area (Å²) in [4.78, 5) is 23.0. The highest BCUT2D eigenvalue weighted by atomic mass is 35.5. The number of halogens is 1. The molecule has 0 aliphatic rings. The maximum Gasteiger partial charge on any atom is 0.335 e. The molecule has 0 radical (unpaired) electrons. The van der Waals surface area contributed by atoms with E-state index in [9.17, 15) is 9.59 Å². The highest BCUT2D eigenvalue weighted by Crippen LogP contribution is 2.20. The molecule has 0 spiro atoms. The van der Waals surface area contributed by atoms with E-state index < -0.39 is 11.9 Å². The third-order valence-electron chi connectivity index (χ3n) is 3.55. The van der Waals surface area contributed by atoms with Gasteiger partial charge in [-0.05, 0) is 42.3 Å². The number of aromatic carboxylic acids is 1. The summed E-state index contributed by atoms with van der Waals surface area (Å²) in [5, 5.41) is 24.0. The van der Waals surface area contributed by atoms with Crippen LogP contribution in [0.2, 0.25) is 5.02 Å². The number of anilines is 1. The van der Waals surface area contributed by atoms with Crippen LogP contribution in [0, 0.1) is 18.3 Å². The predicted octanol–water partition coefficient (Wildman–Crippen LogP) is 3.48. The summed E-state index contributed by atoms with van der Waals surface area (Å²) in [5.41, 5.74) is 2.29. The number of hydrogen-bond acceptors (Lipinski definition) is 4. The Hall–Kier alpha value is -3.30. The first-order valence-electron chi connectivity index (χ1n) is 7.64. The Kier molecular flexibility index (Phi) is 6.36. The average Bonchev–Trinajstić information content (AvgIpc) is 2.62. The summed E-state index contributed by atoms with van der Waals surface area (Å²) in [6, 6.07) is 13.2. The SMILES string of the molecule is Cc1ccc(NC(=O)/C(C#N)=C\NCc2ccc(C(=O)O)cc2)cc1Cl. The molecule has 0 aromatic heterocycles. The lowest BCUT2D eigenvalue weighted by Crippen LogP contribution is -2.16. The summed E-state index contributed by atoms with van der Waals surface area (Å²) < 4.78 is 0. The van der Waals surface area contributed by atoms with Crippen LogP contribution in [-0.2, 0) is 11.3 Å². The van der Waals surface area contributed by atoms with Crippen molar-refractivity contribution in [3.05, 3.63) is 76.0 Å². The van der Waals surface area contributed by atoms with Gasteiger partial charge in [-0.25, -0.2) is 4.79 Å². The average molecular weight is 370 g/mol. The molecule has 0 bridgehead atoms. The van der Waals surface area contributed by atoms with Gasteiger partial charge in [-0.3, -0.25) is 4.79 Å². The summed E-state index contributed by atoms with van der Waals surface area (Å²) in [6.07, 6.45) is 1.32. The molecule has 0 fully saturated rings. The molecule has 2 aromatic carbocycles. The largest absolute Gasteiger partial charge is 0.478 e. The number of rotatable bonds is 6. The van der Waals surface area contributed by atoms with Gasteiger partial charge in [0.1, 0.15) is 11.6 Å². The second-order valence-electron chi connectivity index (χ2n) is 5.47. The molecule has 2 aromatic rings. The lowest BCUT2D eigenvalue weighted by molar-refractivity contribution is -0.112. The van der Waals surface area contributed by atoms with E-state index in [1.54, 1.807) is 30.3 Å². The molecule has 1 amide bonds. The fourth-order valence-corrected chi connectivity index (χ4v) is 2.23. The van der Waals surface area contributed by atoms with Crippen molar-refractivity contribution in [2.75, 3.05) is 5.32 Å². The van der Waals surface area contributed by atoms with Gasteiger partial charge in [-0.1, -0.05) is 29.8 Å². The third kappa shape index (κ3) is 5.10. The standard InChI is InChI=1S/C19H16ClN3O3/c1-12-2-7-16(8-17(12)20)23-18(24)15(9-21)11-22-10-13-3-5-14(6-4-13)19(25)26/h2-8,11,22H,10H2,1H3,(H,23,24)(H,25,26)/b15-11-. The van der Waals surface area contributed by atoms with Crippen molar-refractivity contribution in [2.45, 2.75) is 13.5 Å². The second-order valence-corrected chi connectivity index (χ2v) is 5.88. The van der Waals surface area contributed by atoms with Crippen LogP contribution in [0.3, 0.4) is 0 Å². The molecule has 0 aliphatic heterocycles. The zero-order valence-corrected chi connectivity index (χ0v) is 14.7. The number of amides is 1. The van der Waals surface area contributed by atoms with Crippen molar-refractivity contribution in [3.63, 3.8) is 0 Å². The fraction of sp³-hybridized carbons (Fsp3) is 0.105. The molecule has 0 saturated heterocycles. The lowest BCUT2D eigenvalue weighted by atomic mass is 10.1. The first kappa shape index (κ1) is 19.0. The monoisotopic (exact) mass is 369 g/mol. The first-order chi connectivity index (χ1) is 12.4. The van der Waals surface area contributed by atoms with Crippen molar-refractivity contribution < 1.29 is 14.7 Å². The van der Waals surface area contributed by atoms with E-state index in [-0.39, 0.29) is 11.1 Å². The molecule has 0 heterocycles. The number of aryl methyl sites for hydroxylation is 1. The number of hydrogen-bond donors (Lipinski definition) is 3. The van der Waals surface area contributed by atoms with Crippen LogP contribution in [0.15, 0.2) is 54.2 Å². The molecule has 0 aliphatic carbocycles. The summed E-state index contributed by atoms with van der Waals surface area (Å²) in [7, 11) is 0. The van der Waals surface area contributed by atoms with Gasteiger partial charge in [0.15, 0.2) is 0 Å². The van der Waals surface area contributed by atoms with E-state index in [1.165, 1.54) is 18.3 Å². The maximum atomic E-state index is 12.2. The molecule has 3 N–H and O–H groups in total. The Morgan fingerprint density at radius 1 is 1.23 bits per heavy atom. The predicted molar refractivity (Wildman–Crippen MR) is 98.8 cm³/mol. The van der Waals surface area contributed by atoms with Gasteiger partial charge in [0.05, 0.1) is 5.56 Å². The Morgan fingerprint density at radius 2 is 1.92 bits per heavy atom. The first-order valence-corrected chi connectivity index (χ1v) is 8.02. The molecule has 6 nitrogen and oxygen atoms in total. The third-order valence-corrected chi connectivity index (χ3v) is 3.96. The molecule has 2 rings (SSSR count). The minimum atomic E-state index is -0.996. The van der Waals surface area contributed by atoms with Crippen molar-refractivity contribution >= 4 is 29.2 Å². The lowest BCUT2D eigenvalue weighted by Gasteiger charge is -2.07. The molecule has 26 heavy (non-hydrogen) atoms. The van der Waals surface area contributed by atoms with E-state index in [4.69, 9.17) is 22.0 Å². The van der Waals surface area contributed by atoms with E-state index >= 15 is 0 Å². The van der Waals surface area contributed by atoms with Gasteiger partial charge in [-0.15, -0.1) is 0 Å². The Morgan fingerprint density at radius 3 is 2.50 bits per heavy atom. The Bertz CT molecular complexity index is 899. The van der Waals surface area contributed by atoms with Gasteiger partial charge in [0.25, 0.3) is 5.91 Å². The van der Waals surface area contributed by atoms with Crippen molar-refractivity contribution in [1.82, 2.24) is 5.32 Å². The highest BCUT2D eigenvalue weighted by Gasteiger charge is 2.10. The van der Waals surface area contributed by atoms with Gasteiger partial charge in [0.2, 0.25) is 0 Å². The topological polar surface area (TPSA) is 102 Å². The number of carbonyl (C=O) groups excluding carboxylic acids is 1. The van der Waals surface area contributed by atoms with Crippen molar-refractivity contribution in [2.24, 2.45) is 0 Å². The van der Waals surface area contributed by atoms with Gasteiger partial charge in [-0.2, -0.15) is 5.26 Å². The molecule has 0 unspecified atom stereocenters. The smallest absolute Gasteiger partial charge is 0.335 e. The summed E-state index contributed by atoms with van der Waals surface area (Å²) >= 11 is 6.01. The van der Waals surface area contributed by atoms with Crippen LogP contribution in [0.25, 0.3) is 0 Å². The van der Waals surface area contributed by atoms with Crippen molar-refractivity contribution in [3.8, 4) is 6.07 Å². The second kappa shape index (κ2) is 8.70. The zero-order valence-electron chi connectivity index (χ0n) is 13.9. The summed E-state index contributed by atoms with van der Waals surface area (Å²) in [5.74, 6) is -1.55. The molecule has 0 atom stereocenters. The minimum Gasteiger partial charge on any atom is -0.478 e. The van der Waals surface area contributed by atoms with Crippen molar-refractivity contribution in [1.29, 1.82) is 5.26 Å². The normalized spacial score (nSPS) is 10.7. The maximum absolute atomic E-state index is 12.2. The Labute approximate surface area is 155 Å². The van der Waals surface area contributed by atoms with Crippen LogP contribution in [0.5, 0.6) is 0 Å². The number of carboxylic acids is 1. The van der Waals surface area contributed by atoms with E-state index in [0.29, 0.717) is 17.3 Å². The minimum absolute atomic E-state index is 0.0937. The number of nitrogens with one attached hydrogen (secondary N) is 2. The molecular weight excluding hydrogens is 354 g/mol. The number of carbonyl (C=O) groups is 2. The van der Waals surface area contributed by atoms with Gasteiger partial charge in [0, 0.05) is 23.5 Å². The number of benzene rings is 2. The van der Waals surface area contributed by atoms with E-state index in [1.807, 2.05) is 13.0 Å².